The van der Waals surface area contributed by atoms with Crippen LogP contribution in [0.15, 0.2) is 0 Å². The summed E-state index contributed by atoms with van der Waals surface area (Å²) in [6, 6.07) is 0. The van der Waals surface area contributed by atoms with Crippen LogP contribution in [-0.2, 0) is 28.5 Å². The van der Waals surface area contributed by atoms with E-state index in [-0.39, 0.29) is 18.3 Å². The maximum atomic E-state index is 5.61. The van der Waals surface area contributed by atoms with Crippen molar-refractivity contribution < 1.29 is 28.5 Å². The van der Waals surface area contributed by atoms with Gasteiger partial charge in [-0.2, -0.15) is 0 Å². The molecule has 0 aromatic rings. The summed E-state index contributed by atoms with van der Waals surface area (Å²) in [4.78, 5) is 4.76. The van der Waals surface area contributed by atoms with Crippen LogP contribution in [0.2, 0.25) is 0 Å². The van der Waals surface area contributed by atoms with Crippen LogP contribution in [0, 0.1) is 0 Å². The van der Waals surface area contributed by atoms with Gasteiger partial charge >= 0.3 is 0 Å². The van der Waals surface area contributed by atoms with Crippen LogP contribution in [0.3, 0.4) is 0 Å². The monoisotopic (exact) mass is 251 g/mol. The Kier molecular flexibility index (Phi) is 6.28. The first-order valence-electron chi connectivity index (χ1n) is 5.31. The van der Waals surface area contributed by atoms with Crippen molar-refractivity contribution in [3.8, 4) is 0 Å². The SMILES string of the molecule is COC[C@H]1O[C@H](ON)[C@@H](OC)[C@H](OC)[C@@H]1OC. The molecule has 0 spiro atoms. The van der Waals surface area contributed by atoms with Crippen LogP contribution in [0.5, 0.6) is 0 Å². The molecule has 1 heterocycles. The number of methoxy groups -OCH3 is 4. The summed E-state index contributed by atoms with van der Waals surface area (Å²) >= 11 is 0. The van der Waals surface area contributed by atoms with Crippen molar-refractivity contribution in [2.24, 2.45) is 5.90 Å². The molecule has 102 valence electrons. The molecule has 0 unspecified atom stereocenters. The highest BCUT2D eigenvalue weighted by Gasteiger charge is 2.47. The second-order valence-corrected chi connectivity index (χ2v) is 3.74. The molecule has 1 fully saturated rings. The lowest BCUT2D eigenvalue weighted by atomic mass is 9.98. The topological polar surface area (TPSA) is 81.4 Å². The minimum absolute atomic E-state index is 0.309. The van der Waals surface area contributed by atoms with Gasteiger partial charge in [0.25, 0.3) is 0 Å². The largest absolute Gasteiger partial charge is 0.382 e. The molecule has 0 saturated carbocycles. The fourth-order valence-corrected chi connectivity index (χ4v) is 2.09. The summed E-state index contributed by atoms with van der Waals surface area (Å²) in [5, 5.41) is 0. The van der Waals surface area contributed by atoms with Crippen molar-refractivity contribution in [1.29, 1.82) is 0 Å². The van der Waals surface area contributed by atoms with Gasteiger partial charge in [0, 0.05) is 28.4 Å². The molecule has 1 saturated heterocycles. The number of hydrogen-bond donors (Lipinski definition) is 1. The Morgan fingerprint density at radius 2 is 1.53 bits per heavy atom. The van der Waals surface area contributed by atoms with Crippen molar-refractivity contribution >= 4 is 0 Å². The third kappa shape index (κ3) is 3.14. The predicted molar refractivity (Wildman–Crippen MR) is 58.2 cm³/mol. The molecule has 0 amide bonds. The lowest BCUT2D eigenvalue weighted by Gasteiger charge is -2.43. The molecule has 1 aliphatic rings. The van der Waals surface area contributed by atoms with Gasteiger partial charge < -0.3 is 23.7 Å². The Morgan fingerprint density at radius 3 is 1.94 bits per heavy atom. The first kappa shape index (κ1) is 14.8. The van der Waals surface area contributed by atoms with Crippen molar-refractivity contribution in [1.82, 2.24) is 0 Å². The standard InChI is InChI=1S/C10H21NO6/c1-12-5-6-7(13-2)8(14-3)9(15-4)10(16-6)17-11/h6-10H,5,11H2,1-4H3/t6-,7-,8-,9+,10-/m1/s1. The van der Waals surface area contributed by atoms with Gasteiger partial charge in [-0.1, -0.05) is 0 Å². The second kappa shape index (κ2) is 7.22. The van der Waals surface area contributed by atoms with E-state index in [2.05, 4.69) is 0 Å². The highest BCUT2D eigenvalue weighted by molar-refractivity contribution is 4.92. The highest BCUT2D eigenvalue weighted by atomic mass is 16.8. The molecule has 7 heteroatoms. The summed E-state index contributed by atoms with van der Waals surface area (Å²) in [6.07, 6.45) is -2.14. The minimum atomic E-state index is -0.712. The summed E-state index contributed by atoms with van der Waals surface area (Å²) in [5.41, 5.74) is 0. The molecular formula is C10H21NO6. The maximum absolute atomic E-state index is 5.61. The van der Waals surface area contributed by atoms with Gasteiger partial charge in [-0.05, 0) is 0 Å². The molecule has 2 N–H and O–H groups in total. The van der Waals surface area contributed by atoms with Crippen LogP contribution in [-0.4, -0.2) is 65.8 Å². The number of hydrogen-bond acceptors (Lipinski definition) is 7. The van der Waals surface area contributed by atoms with Gasteiger partial charge in [0.1, 0.15) is 24.4 Å². The molecule has 1 aliphatic heterocycles. The first-order valence-corrected chi connectivity index (χ1v) is 5.31. The Hall–Kier alpha value is -0.280. The number of rotatable bonds is 6. The van der Waals surface area contributed by atoms with E-state index in [1.807, 2.05) is 0 Å². The van der Waals surface area contributed by atoms with E-state index in [4.69, 9.17) is 34.4 Å². The summed E-state index contributed by atoms with van der Waals surface area (Å²) < 4.78 is 26.7. The maximum Gasteiger partial charge on any atom is 0.206 e. The number of ether oxygens (including phenoxy) is 5. The van der Waals surface area contributed by atoms with Crippen molar-refractivity contribution in [2.75, 3.05) is 35.0 Å². The van der Waals surface area contributed by atoms with Gasteiger partial charge in [0.2, 0.25) is 6.29 Å². The third-order valence-electron chi connectivity index (χ3n) is 2.87. The van der Waals surface area contributed by atoms with Crippen molar-refractivity contribution in [3.63, 3.8) is 0 Å². The first-order chi connectivity index (χ1) is 8.23. The fourth-order valence-electron chi connectivity index (χ4n) is 2.09. The summed E-state index contributed by atoms with van der Waals surface area (Å²) in [7, 11) is 6.28. The Bertz CT molecular complexity index is 217. The quantitative estimate of drug-likeness (QED) is 0.625. The average molecular weight is 251 g/mol. The molecule has 0 aromatic carbocycles. The lowest BCUT2D eigenvalue weighted by Crippen LogP contribution is -2.61. The van der Waals surface area contributed by atoms with Gasteiger partial charge in [0.05, 0.1) is 6.61 Å². The smallest absolute Gasteiger partial charge is 0.206 e. The third-order valence-corrected chi connectivity index (χ3v) is 2.87. The van der Waals surface area contributed by atoms with Crippen molar-refractivity contribution in [3.05, 3.63) is 0 Å². The van der Waals surface area contributed by atoms with Crippen LogP contribution in [0.1, 0.15) is 0 Å². The van der Waals surface area contributed by atoms with Crippen LogP contribution < -0.4 is 5.90 Å². The van der Waals surface area contributed by atoms with Gasteiger partial charge in [-0.3, -0.25) is 4.84 Å². The molecule has 1 rings (SSSR count). The molecule has 17 heavy (non-hydrogen) atoms. The molecular weight excluding hydrogens is 230 g/mol. The Labute approximate surface area is 101 Å². The van der Waals surface area contributed by atoms with Gasteiger partial charge in [0.15, 0.2) is 0 Å². The van der Waals surface area contributed by atoms with Crippen molar-refractivity contribution in [2.45, 2.75) is 30.7 Å². The van der Waals surface area contributed by atoms with Crippen LogP contribution in [0.25, 0.3) is 0 Å². The highest BCUT2D eigenvalue weighted by Crippen LogP contribution is 2.27. The van der Waals surface area contributed by atoms with E-state index in [0.29, 0.717) is 6.61 Å². The predicted octanol–water partition coefficient (Wildman–Crippen LogP) is -0.707. The van der Waals surface area contributed by atoms with E-state index in [1.54, 1.807) is 21.3 Å². The zero-order valence-electron chi connectivity index (χ0n) is 10.6. The molecule has 0 radical (unpaired) electrons. The molecule has 0 aliphatic carbocycles. The zero-order chi connectivity index (χ0) is 12.8. The van der Waals surface area contributed by atoms with Gasteiger partial charge in [-0.15, -0.1) is 0 Å². The zero-order valence-corrected chi connectivity index (χ0v) is 10.6. The summed E-state index contributed by atoms with van der Waals surface area (Å²) in [5.74, 6) is 5.19. The minimum Gasteiger partial charge on any atom is -0.382 e. The van der Waals surface area contributed by atoms with Crippen LogP contribution in [0.4, 0.5) is 0 Å². The van der Waals surface area contributed by atoms with Crippen LogP contribution >= 0.6 is 0 Å². The Balaban J connectivity index is 2.84. The van der Waals surface area contributed by atoms with E-state index in [1.165, 1.54) is 7.11 Å². The van der Waals surface area contributed by atoms with Gasteiger partial charge in [-0.25, -0.2) is 5.90 Å². The number of nitrogens with two attached hydrogens (primary N) is 1. The van der Waals surface area contributed by atoms with E-state index in [0.717, 1.165) is 0 Å². The van der Waals surface area contributed by atoms with E-state index in [9.17, 15) is 0 Å². The fraction of sp³-hybridized carbons (Fsp3) is 1.00. The molecule has 0 bridgehead atoms. The summed E-state index contributed by atoms with van der Waals surface area (Å²) in [6.45, 7) is 0.356. The average Bonchev–Trinajstić information content (AvgIpc) is 2.37. The molecule has 0 aromatic heterocycles. The van der Waals surface area contributed by atoms with E-state index >= 15 is 0 Å². The lowest BCUT2D eigenvalue weighted by molar-refractivity contribution is -0.314. The molecule has 7 nitrogen and oxygen atoms in total. The Morgan fingerprint density at radius 1 is 0.941 bits per heavy atom. The second-order valence-electron chi connectivity index (χ2n) is 3.74. The normalized spacial score (nSPS) is 38.3. The molecule has 5 atom stereocenters. The van der Waals surface area contributed by atoms with E-state index < -0.39 is 12.4 Å².